The molecule has 1 aromatic rings. The minimum absolute atomic E-state index is 0.433. The van der Waals surface area contributed by atoms with Gasteiger partial charge in [0.15, 0.2) is 0 Å². The van der Waals surface area contributed by atoms with Crippen LogP contribution in [0.15, 0.2) is 30.3 Å². The summed E-state index contributed by atoms with van der Waals surface area (Å²) in [6, 6.07) is 10.5. The fraction of sp³-hybridized carbons (Fsp3) is 0.632. The van der Waals surface area contributed by atoms with Crippen molar-refractivity contribution < 1.29 is 9.90 Å². The summed E-state index contributed by atoms with van der Waals surface area (Å²) in [6.07, 6.45) is 11.7. The Bertz CT molecular complexity index is 416. The lowest BCUT2D eigenvalue weighted by atomic mass is 9.73. The van der Waals surface area contributed by atoms with Gasteiger partial charge >= 0.3 is 5.97 Å². The Labute approximate surface area is 128 Å². The average molecular weight is 288 g/mol. The van der Waals surface area contributed by atoms with Crippen molar-refractivity contribution in [2.75, 3.05) is 0 Å². The van der Waals surface area contributed by atoms with Gasteiger partial charge < -0.3 is 5.11 Å². The molecule has 1 aliphatic carbocycles. The Kier molecular flexibility index (Phi) is 6.28. The molecule has 0 bridgehead atoms. The van der Waals surface area contributed by atoms with E-state index in [4.69, 9.17) is 0 Å². The highest BCUT2D eigenvalue weighted by Gasteiger charge is 2.37. The molecule has 1 N–H and O–H groups in total. The number of aliphatic carboxylic acids is 1. The lowest BCUT2D eigenvalue weighted by molar-refractivity contribution is -0.151. The van der Waals surface area contributed by atoms with Gasteiger partial charge in [0.25, 0.3) is 0 Å². The fourth-order valence-corrected chi connectivity index (χ4v) is 3.59. The molecule has 0 heterocycles. The minimum Gasteiger partial charge on any atom is -0.481 e. The molecule has 0 amide bonds. The van der Waals surface area contributed by atoms with Gasteiger partial charge in [-0.15, -0.1) is 0 Å². The fourth-order valence-electron chi connectivity index (χ4n) is 3.59. The Morgan fingerprint density at radius 1 is 0.952 bits per heavy atom. The van der Waals surface area contributed by atoms with Crippen LogP contribution >= 0.6 is 0 Å². The zero-order valence-electron chi connectivity index (χ0n) is 13.0. The number of rotatable bonds is 6. The van der Waals surface area contributed by atoms with E-state index in [1.165, 1.54) is 24.8 Å². The van der Waals surface area contributed by atoms with Gasteiger partial charge in [-0.25, -0.2) is 0 Å². The highest BCUT2D eigenvalue weighted by molar-refractivity contribution is 5.74. The minimum atomic E-state index is -0.552. The SMILES string of the molecule is O=C(O)C1(CCCCc2ccccc2)CCCCCCC1. The van der Waals surface area contributed by atoms with Crippen molar-refractivity contribution in [2.24, 2.45) is 5.41 Å². The molecular weight excluding hydrogens is 260 g/mol. The van der Waals surface area contributed by atoms with Gasteiger partial charge in [0.05, 0.1) is 5.41 Å². The molecule has 0 spiro atoms. The smallest absolute Gasteiger partial charge is 0.309 e. The van der Waals surface area contributed by atoms with Crippen LogP contribution in [0.3, 0.4) is 0 Å². The maximum Gasteiger partial charge on any atom is 0.309 e. The lowest BCUT2D eigenvalue weighted by Crippen LogP contribution is -2.32. The summed E-state index contributed by atoms with van der Waals surface area (Å²) in [5.41, 5.74) is 0.927. The summed E-state index contributed by atoms with van der Waals surface area (Å²) >= 11 is 0. The van der Waals surface area contributed by atoms with E-state index in [0.29, 0.717) is 0 Å². The lowest BCUT2D eigenvalue weighted by Gasteiger charge is -2.31. The summed E-state index contributed by atoms with van der Waals surface area (Å²) in [6.45, 7) is 0. The molecule has 2 nitrogen and oxygen atoms in total. The van der Waals surface area contributed by atoms with Crippen LogP contribution in [0.5, 0.6) is 0 Å². The van der Waals surface area contributed by atoms with Crippen molar-refractivity contribution in [1.82, 2.24) is 0 Å². The molecule has 0 radical (unpaired) electrons. The van der Waals surface area contributed by atoms with Gasteiger partial charge in [-0.2, -0.15) is 0 Å². The summed E-state index contributed by atoms with van der Waals surface area (Å²) in [5.74, 6) is -0.552. The molecule has 1 aromatic carbocycles. The van der Waals surface area contributed by atoms with Gasteiger partial charge in [0.2, 0.25) is 0 Å². The van der Waals surface area contributed by atoms with Crippen molar-refractivity contribution in [3.8, 4) is 0 Å². The number of hydrogen-bond acceptors (Lipinski definition) is 1. The van der Waals surface area contributed by atoms with E-state index in [9.17, 15) is 9.90 Å². The Hall–Kier alpha value is -1.31. The van der Waals surface area contributed by atoms with Crippen LogP contribution in [0.4, 0.5) is 0 Å². The van der Waals surface area contributed by atoms with Crippen molar-refractivity contribution >= 4 is 5.97 Å². The highest BCUT2D eigenvalue weighted by atomic mass is 16.4. The average Bonchev–Trinajstić information content (AvgIpc) is 2.46. The zero-order valence-corrected chi connectivity index (χ0v) is 13.0. The number of unbranched alkanes of at least 4 members (excludes halogenated alkanes) is 1. The van der Waals surface area contributed by atoms with E-state index in [0.717, 1.165) is 51.4 Å². The number of aryl methyl sites for hydroxylation is 1. The topological polar surface area (TPSA) is 37.3 Å². The van der Waals surface area contributed by atoms with E-state index in [1.54, 1.807) is 0 Å². The maximum atomic E-state index is 11.8. The normalized spacial score (nSPS) is 18.7. The van der Waals surface area contributed by atoms with Crippen LogP contribution in [0.25, 0.3) is 0 Å². The van der Waals surface area contributed by atoms with E-state index < -0.39 is 11.4 Å². The first-order valence-corrected chi connectivity index (χ1v) is 8.50. The second-order valence-electron chi connectivity index (χ2n) is 6.55. The number of carbonyl (C=O) groups is 1. The second-order valence-corrected chi connectivity index (χ2v) is 6.55. The number of hydrogen-bond donors (Lipinski definition) is 1. The first kappa shape index (κ1) is 16.1. The number of benzene rings is 1. The predicted molar refractivity (Wildman–Crippen MR) is 86.4 cm³/mol. The van der Waals surface area contributed by atoms with Crippen LogP contribution < -0.4 is 0 Å². The van der Waals surface area contributed by atoms with Crippen molar-refractivity contribution in [3.63, 3.8) is 0 Å². The van der Waals surface area contributed by atoms with Crippen molar-refractivity contribution in [3.05, 3.63) is 35.9 Å². The summed E-state index contributed by atoms with van der Waals surface area (Å²) in [5, 5.41) is 9.72. The monoisotopic (exact) mass is 288 g/mol. The maximum absolute atomic E-state index is 11.8. The van der Waals surface area contributed by atoms with Gasteiger partial charge in [-0.1, -0.05) is 68.9 Å². The molecule has 0 aromatic heterocycles. The van der Waals surface area contributed by atoms with Crippen LogP contribution in [-0.4, -0.2) is 11.1 Å². The van der Waals surface area contributed by atoms with Gasteiger partial charge in [0.1, 0.15) is 0 Å². The summed E-state index contributed by atoms with van der Waals surface area (Å²) in [4.78, 5) is 11.8. The quantitative estimate of drug-likeness (QED) is 0.729. The molecule has 21 heavy (non-hydrogen) atoms. The first-order valence-electron chi connectivity index (χ1n) is 8.50. The van der Waals surface area contributed by atoms with Gasteiger partial charge in [-0.3, -0.25) is 4.79 Å². The molecule has 0 atom stereocenters. The van der Waals surface area contributed by atoms with E-state index >= 15 is 0 Å². The van der Waals surface area contributed by atoms with Crippen LogP contribution in [0, 0.1) is 5.41 Å². The molecule has 1 aliphatic rings. The molecule has 0 saturated heterocycles. The van der Waals surface area contributed by atoms with E-state index in [-0.39, 0.29) is 0 Å². The molecule has 1 saturated carbocycles. The zero-order chi connectivity index (χ0) is 15.0. The molecule has 1 fully saturated rings. The number of carboxylic acids is 1. The molecule has 2 rings (SSSR count). The summed E-state index contributed by atoms with van der Waals surface area (Å²) in [7, 11) is 0. The van der Waals surface area contributed by atoms with Crippen LogP contribution in [0.2, 0.25) is 0 Å². The standard InChI is InChI=1S/C19H28O2/c20-18(21)19(14-8-2-1-3-9-15-19)16-10-7-13-17-11-5-4-6-12-17/h4-6,11-12H,1-3,7-10,13-16H2,(H,20,21). The largest absolute Gasteiger partial charge is 0.481 e. The Morgan fingerprint density at radius 2 is 1.57 bits per heavy atom. The van der Waals surface area contributed by atoms with Crippen LogP contribution in [-0.2, 0) is 11.2 Å². The van der Waals surface area contributed by atoms with E-state index in [2.05, 4.69) is 24.3 Å². The summed E-state index contributed by atoms with van der Waals surface area (Å²) < 4.78 is 0. The van der Waals surface area contributed by atoms with Gasteiger partial charge in [-0.05, 0) is 37.7 Å². The number of carboxylic acid groups (broad SMARTS) is 1. The van der Waals surface area contributed by atoms with E-state index in [1.807, 2.05) is 6.07 Å². The Morgan fingerprint density at radius 3 is 2.19 bits per heavy atom. The Balaban J connectivity index is 1.83. The van der Waals surface area contributed by atoms with Crippen LogP contribution in [0.1, 0.15) is 69.8 Å². The second kappa shape index (κ2) is 8.21. The van der Waals surface area contributed by atoms with Crippen molar-refractivity contribution in [2.45, 2.75) is 70.6 Å². The van der Waals surface area contributed by atoms with Gasteiger partial charge in [0, 0.05) is 0 Å². The molecule has 116 valence electrons. The molecular formula is C19H28O2. The molecule has 2 heteroatoms. The third-order valence-electron chi connectivity index (χ3n) is 4.98. The molecule has 0 aliphatic heterocycles. The van der Waals surface area contributed by atoms with Crippen molar-refractivity contribution in [1.29, 1.82) is 0 Å². The molecule has 0 unspecified atom stereocenters. The third kappa shape index (κ3) is 4.87. The predicted octanol–water partition coefficient (Wildman–Crippen LogP) is 5.21. The first-order chi connectivity index (χ1) is 10.2. The highest BCUT2D eigenvalue weighted by Crippen LogP contribution is 2.39. The third-order valence-corrected chi connectivity index (χ3v) is 4.98.